The zero-order chi connectivity index (χ0) is 30.0. The van der Waals surface area contributed by atoms with Crippen LogP contribution in [0.25, 0.3) is 0 Å². The lowest BCUT2D eigenvalue weighted by Crippen LogP contribution is -2.55. The molecular weight excluding hydrogens is 534 g/mol. The van der Waals surface area contributed by atoms with E-state index in [4.69, 9.17) is 14.2 Å². The smallest absolute Gasteiger partial charge is 0.316 e. The predicted molar refractivity (Wildman–Crippen MR) is 144 cm³/mol. The van der Waals surface area contributed by atoms with E-state index >= 15 is 0 Å². The van der Waals surface area contributed by atoms with Crippen molar-refractivity contribution in [3.8, 4) is 11.5 Å². The lowest BCUT2D eigenvalue weighted by Gasteiger charge is -2.46. The number of phenolic OH excluding ortho intramolecular Hbond substituents is 2. The van der Waals surface area contributed by atoms with Crippen LogP contribution in [0.15, 0.2) is 24.3 Å². The minimum atomic E-state index is -1.73. The van der Waals surface area contributed by atoms with E-state index in [1.165, 1.54) is 31.4 Å². The molecule has 220 valence electrons. The molecule has 3 aliphatic rings. The van der Waals surface area contributed by atoms with Gasteiger partial charge in [0, 0.05) is 29.2 Å². The maximum atomic E-state index is 13.6. The maximum Gasteiger partial charge on any atom is 0.316 e. The van der Waals surface area contributed by atoms with Crippen LogP contribution in [0.4, 0.5) is 0 Å². The topological polar surface area (TPSA) is 163 Å². The van der Waals surface area contributed by atoms with Gasteiger partial charge in [0.1, 0.15) is 23.5 Å². The number of ketones is 2. The van der Waals surface area contributed by atoms with Crippen molar-refractivity contribution >= 4 is 17.5 Å². The van der Waals surface area contributed by atoms with Gasteiger partial charge in [0.25, 0.3) is 0 Å². The normalized spacial score (nSPS) is 30.9. The van der Waals surface area contributed by atoms with E-state index in [-0.39, 0.29) is 58.4 Å². The molecule has 0 spiro atoms. The van der Waals surface area contributed by atoms with Crippen LogP contribution in [-0.2, 0) is 19.0 Å². The van der Waals surface area contributed by atoms with Gasteiger partial charge >= 0.3 is 5.97 Å². The molecule has 11 heteroatoms. The molecule has 2 aliphatic carbocycles. The number of aliphatic hydroxyl groups excluding tert-OH is 1. The molecule has 1 saturated heterocycles. The second kappa shape index (κ2) is 10.5. The first-order chi connectivity index (χ1) is 19.3. The van der Waals surface area contributed by atoms with E-state index < -0.39 is 59.1 Å². The molecule has 0 aromatic heterocycles. The molecule has 11 nitrogen and oxygen atoms in total. The standard InChI is InChI=1S/C30H35NO10/c1-6-30(38)12-19(41-29-25(34)17(31(3)4)10-13(2)40-29)21-15(23(30)28(37)39-5)11-16-22(27(21)36)26(35)20-14(24(16)33)8-7-9-18(20)32/h7-9,11,13,17,19,23,25,29,32,34,36,38H,6,10,12H2,1-5H3/t13-,17+,19?,23+,25-,29+,30-/m1/s1. The Balaban J connectivity index is 1.71. The summed E-state index contributed by atoms with van der Waals surface area (Å²) in [4.78, 5) is 42.2. The number of carbonyl (C=O) groups excluding carboxylic acids is 3. The third kappa shape index (κ3) is 4.52. The number of nitrogens with zero attached hydrogens (tertiary/aromatic N) is 1. The van der Waals surface area contributed by atoms with Crippen molar-refractivity contribution in [1.82, 2.24) is 4.90 Å². The Kier molecular flexibility index (Phi) is 7.46. The van der Waals surface area contributed by atoms with Crippen molar-refractivity contribution in [2.24, 2.45) is 0 Å². The number of phenols is 2. The zero-order valence-corrected chi connectivity index (χ0v) is 23.6. The van der Waals surface area contributed by atoms with Gasteiger partial charge in [-0.25, -0.2) is 0 Å². The Morgan fingerprint density at radius 2 is 1.85 bits per heavy atom. The summed E-state index contributed by atoms with van der Waals surface area (Å²) >= 11 is 0. The second-order valence-corrected chi connectivity index (χ2v) is 11.3. The van der Waals surface area contributed by atoms with Gasteiger partial charge in [-0.15, -0.1) is 0 Å². The summed E-state index contributed by atoms with van der Waals surface area (Å²) in [6, 6.07) is 5.10. The molecule has 2 aromatic rings. The molecular formula is C30H35NO10. The summed E-state index contributed by atoms with van der Waals surface area (Å²) in [6.07, 6.45) is -3.29. The van der Waals surface area contributed by atoms with Crippen LogP contribution in [0.5, 0.6) is 11.5 Å². The first kappa shape index (κ1) is 29.2. The molecule has 4 N–H and O–H groups in total. The van der Waals surface area contributed by atoms with Crippen molar-refractivity contribution < 1.29 is 49.0 Å². The third-order valence-corrected chi connectivity index (χ3v) is 8.69. The van der Waals surface area contributed by atoms with Gasteiger partial charge in [0.2, 0.25) is 5.78 Å². The number of methoxy groups -OCH3 is 1. The molecule has 1 fully saturated rings. The average molecular weight is 570 g/mol. The lowest BCUT2D eigenvalue weighted by molar-refractivity contribution is -0.276. The van der Waals surface area contributed by atoms with E-state index in [9.17, 15) is 34.8 Å². The fourth-order valence-corrected chi connectivity index (χ4v) is 6.50. The molecule has 1 heterocycles. The number of aromatic hydroxyl groups is 2. The predicted octanol–water partition coefficient (Wildman–Crippen LogP) is 2.16. The van der Waals surface area contributed by atoms with Gasteiger partial charge in [-0.3, -0.25) is 14.4 Å². The van der Waals surface area contributed by atoms with Gasteiger partial charge in [-0.05, 0) is 51.6 Å². The maximum absolute atomic E-state index is 13.6. The van der Waals surface area contributed by atoms with E-state index in [0.29, 0.717) is 6.42 Å². The third-order valence-electron chi connectivity index (χ3n) is 8.69. The van der Waals surface area contributed by atoms with E-state index in [2.05, 4.69) is 0 Å². The number of ether oxygens (including phenoxy) is 3. The van der Waals surface area contributed by atoms with E-state index in [0.717, 1.165) is 0 Å². The molecule has 0 amide bonds. The van der Waals surface area contributed by atoms with Gasteiger partial charge in [-0.2, -0.15) is 0 Å². The Bertz CT molecular complexity index is 1420. The first-order valence-corrected chi connectivity index (χ1v) is 13.6. The van der Waals surface area contributed by atoms with Crippen LogP contribution in [-0.4, -0.2) is 94.2 Å². The minimum absolute atomic E-state index is 0.00715. The SMILES string of the molecule is CC[C@@]1(O)CC(O[C@@H]2O[C@H](C)C[C@H](N(C)C)[C@H]2O)c2c(cc3c(c2O)C(=O)c2c(O)cccc2C3=O)[C@H]1C(=O)OC. The molecule has 1 unspecified atom stereocenters. The first-order valence-electron chi connectivity index (χ1n) is 13.6. The fourth-order valence-electron chi connectivity index (χ4n) is 6.50. The highest BCUT2D eigenvalue weighted by Crippen LogP contribution is 2.54. The van der Waals surface area contributed by atoms with Crippen molar-refractivity contribution in [2.75, 3.05) is 21.2 Å². The molecule has 1 aliphatic heterocycles. The van der Waals surface area contributed by atoms with Crippen molar-refractivity contribution in [3.05, 3.63) is 57.6 Å². The second-order valence-electron chi connectivity index (χ2n) is 11.3. The van der Waals surface area contributed by atoms with Crippen molar-refractivity contribution in [3.63, 3.8) is 0 Å². The highest BCUT2D eigenvalue weighted by Gasteiger charge is 2.53. The number of rotatable bonds is 5. The summed E-state index contributed by atoms with van der Waals surface area (Å²) in [6.45, 7) is 3.52. The number of likely N-dealkylation sites (N-methyl/N-ethyl adjacent to an activating group) is 1. The molecule has 0 radical (unpaired) electrons. The van der Waals surface area contributed by atoms with Crippen LogP contribution in [0.2, 0.25) is 0 Å². The molecule has 41 heavy (non-hydrogen) atoms. The summed E-state index contributed by atoms with van der Waals surface area (Å²) in [5.74, 6) is -4.54. The van der Waals surface area contributed by atoms with Crippen LogP contribution in [0, 0.1) is 0 Å². The highest BCUT2D eigenvalue weighted by atomic mass is 16.7. The number of hydrogen-bond acceptors (Lipinski definition) is 11. The van der Waals surface area contributed by atoms with Crippen molar-refractivity contribution in [2.45, 2.75) is 75.3 Å². The number of hydrogen-bond donors (Lipinski definition) is 4. The van der Waals surface area contributed by atoms with E-state index in [1.807, 2.05) is 25.9 Å². The Morgan fingerprint density at radius 1 is 1.15 bits per heavy atom. The zero-order valence-electron chi connectivity index (χ0n) is 23.6. The minimum Gasteiger partial charge on any atom is -0.507 e. The molecule has 0 bridgehead atoms. The van der Waals surface area contributed by atoms with Crippen LogP contribution in [0.1, 0.15) is 88.1 Å². The number of carbonyl (C=O) groups is 3. The summed E-state index contributed by atoms with van der Waals surface area (Å²) in [5, 5.41) is 45.0. The average Bonchev–Trinajstić information content (AvgIpc) is 2.92. The van der Waals surface area contributed by atoms with Crippen LogP contribution in [0.3, 0.4) is 0 Å². The number of aliphatic hydroxyl groups is 2. The summed E-state index contributed by atoms with van der Waals surface area (Å²) in [5.41, 5.74) is -2.45. The molecule has 7 atom stereocenters. The largest absolute Gasteiger partial charge is 0.507 e. The fraction of sp³-hybridized carbons (Fsp3) is 0.500. The monoisotopic (exact) mass is 569 g/mol. The lowest BCUT2D eigenvalue weighted by atomic mass is 9.67. The number of fused-ring (bicyclic) bond motifs is 3. The number of esters is 1. The van der Waals surface area contributed by atoms with Crippen LogP contribution >= 0.6 is 0 Å². The summed E-state index contributed by atoms with van der Waals surface area (Å²) < 4.78 is 17.3. The highest BCUT2D eigenvalue weighted by molar-refractivity contribution is 6.30. The molecule has 5 rings (SSSR count). The van der Waals surface area contributed by atoms with Gasteiger partial charge in [0.15, 0.2) is 12.1 Å². The van der Waals surface area contributed by atoms with Crippen LogP contribution < -0.4 is 0 Å². The van der Waals surface area contributed by atoms with Crippen molar-refractivity contribution in [1.29, 1.82) is 0 Å². The summed E-state index contributed by atoms with van der Waals surface area (Å²) in [7, 11) is 4.81. The Hall–Kier alpha value is -3.35. The molecule has 0 saturated carbocycles. The number of benzene rings is 2. The Labute approximate surface area is 237 Å². The quantitative estimate of drug-likeness (QED) is 0.333. The van der Waals surface area contributed by atoms with Gasteiger partial charge in [-0.1, -0.05) is 19.1 Å². The molecule has 2 aromatic carbocycles. The Morgan fingerprint density at radius 3 is 2.49 bits per heavy atom. The van der Waals surface area contributed by atoms with Gasteiger partial charge in [0.05, 0.1) is 36.0 Å². The van der Waals surface area contributed by atoms with E-state index in [1.54, 1.807) is 6.92 Å². The van der Waals surface area contributed by atoms with Gasteiger partial charge < -0.3 is 39.5 Å².